The van der Waals surface area contributed by atoms with Gasteiger partial charge < -0.3 is 5.73 Å². The Morgan fingerprint density at radius 1 is 1.64 bits per heavy atom. The highest BCUT2D eigenvalue weighted by Crippen LogP contribution is 2.18. The van der Waals surface area contributed by atoms with Crippen LogP contribution in [0.4, 0.5) is 0 Å². The highest BCUT2D eigenvalue weighted by molar-refractivity contribution is 9.10. The number of halogens is 1. The topological polar surface area (TPSA) is 67.7 Å². The van der Waals surface area contributed by atoms with Crippen LogP contribution < -0.4 is 5.73 Å². The lowest BCUT2D eigenvalue weighted by atomic mass is 10.4. The largest absolute Gasteiger partial charge is 0.368 e. The minimum Gasteiger partial charge on any atom is -0.368 e. The Morgan fingerprint density at radius 3 is 2.36 bits per heavy atom. The number of aryl methyl sites for hydroxylation is 1. The minimum absolute atomic E-state index is 0.0590. The van der Waals surface area contributed by atoms with Gasteiger partial charge in [-0.25, -0.2) is 4.68 Å². The Hall–Kier alpha value is -0.840. The fourth-order valence-electron chi connectivity index (χ4n) is 0.858. The highest BCUT2D eigenvalue weighted by Gasteiger charge is 2.09. The monoisotopic (exact) mass is 216 g/mol. The molecular weight excluding hydrogens is 208 g/mol. The standard InChI is InChI=1S/C6H9BrN4/c1-3-5(7)4(2)11(10-3)6(8)9/h1-2H3,(H3,8,9). The molecule has 60 valence electrons. The van der Waals surface area contributed by atoms with Gasteiger partial charge in [0.05, 0.1) is 15.9 Å². The number of aromatic nitrogens is 2. The summed E-state index contributed by atoms with van der Waals surface area (Å²) in [4.78, 5) is 0. The second kappa shape index (κ2) is 2.65. The molecule has 0 saturated heterocycles. The van der Waals surface area contributed by atoms with Gasteiger partial charge >= 0.3 is 0 Å². The van der Waals surface area contributed by atoms with Crippen LogP contribution in [0.5, 0.6) is 0 Å². The number of nitrogens with zero attached hydrogens (tertiary/aromatic N) is 2. The molecule has 0 aliphatic rings. The first-order chi connectivity index (χ1) is 5.04. The molecule has 1 aromatic heterocycles. The summed E-state index contributed by atoms with van der Waals surface area (Å²) < 4.78 is 2.30. The third-order valence-corrected chi connectivity index (χ3v) is 2.58. The van der Waals surface area contributed by atoms with Crippen molar-refractivity contribution in [1.29, 1.82) is 5.41 Å². The molecule has 0 bridgehead atoms. The molecule has 4 nitrogen and oxygen atoms in total. The fraction of sp³-hybridized carbons (Fsp3) is 0.333. The quantitative estimate of drug-likeness (QED) is 0.502. The van der Waals surface area contributed by atoms with Crippen LogP contribution in [0.2, 0.25) is 0 Å². The maximum atomic E-state index is 7.14. The van der Waals surface area contributed by atoms with Crippen molar-refractivity contribution >= 4 is 21.9 Å². The van der Waals surface area contributed by atoms with Gasteiger partial charge in [-0.2, -0.15) is 5.10 Å². The summed E-state index contributed by atoms with van der Waals surface area (Å²) in [5, 5.41) is 11.2. The van der Waals surface area contributed by atoms with E-state index in [-0.39, 0.29) is 5.96 Å². The molecule has 0 radical (unpaired) electrons. The molecule has 0 amide bonds. The zero-order chi connectivity index (χ0) is 8.59. The van der Waals surface area contributed by atoms with Gasteiger partial charge in [-0.3, -0.25) is 5.41 Å². The average Bonchev–Trinajstić information content (AvgIpc) is 2.17. The normalized spacial score (nSPS) is 10.1. The predicted octanol–water partition coefficient (Wildman–Crippen LogP) is 1.00. The smallest absolute Gasteiger partial charge is 0.213 e. The van der Waals surface area contributed by atoms with Gasteiger partial charge in [-0.05, 0) is 29.8 Å². The summed E-state index contributed by atoms with van der Waals surface area (Å²) in [6.07, 6.45) is 0. The second-order valence-corrected chi connectivity index (χ2v) is 3.07. The van der Waals surface area contributed by atoms with Crippen LogP contribution in [-0.4, -0.2) is 15.7 Å². The van der Waals surface area contributed by atoms with E-state index in [1.165, 1.54) is 4.68 Å². The number of nitrogens with one attached hydrogen (secondary N) is 1. The lowest BCUT2D eigenvalue weighted by Crippen LogP contribution is -2.22. The van der Waals surface area contributed by atoms with E-state index in [0.29, 0.717) is 0 Å². The van der Waals surface area contributed by atoms with Crippen molar-refractivity contribution < 1.29 is 0 Å². The van der Waals surface area contributed by atoms with E-state index in [0.717, 1.165) is 15.9 Å². The summed E-state index contributed by atoms with van der Waals surface area (Å²) >= 11 is 3.33. The van der Waals surface area contributed by atoms with E-state index < -0.39 is 0 Å². The Kier molecular flexibility index (Phi) is 1.99. The van der Waals surface area contributed by atoms with E-state index >= 15 is 0 Å². The Balaban J connectivity index is 3.29. The van der Waals surface area contributed by atoms with Crippen molar-refractivity contribution in [3.05, 3.63) is 15.9 Å². The van der Waals surface area contributed by atoms with Gasteiger partial charge in [0.15, 0.2) is 0 Å². The average molecular weight is 217 g/mol. The molecule has 1 rings (SSSR count). The van der Waals surface area contributed by atoms with Crippen LogP contribution in [-0.2, 0) is 0 Å². The number of hydrogen-bond donors (Lipinski definition) is 2. The Morgan fingerprint density at radius 2 is 2.18 bits per heavy atom. The first-order valence-electron chi connectivity index (χ1n) is 3.10. The van der Waals surface area contributed by atoms with E-state index in [2.05, 4.69) is 21.0 Å². The number of nitrogen functional groups attached to an aromatic ring is 1. The molecule has 0 atom stereocenters. The second-order valence-electron chi connectivity index (χ2n) is 2.28. The molecule has 3 N–H and O–H groups in total. The van der Waals surface area contributed by atoms with Crippen molar-refractivity contribution in [2.75, 3.05) is 0 Å². The summed E-state index contributed by atoms with van der Waals surface area (Å²) in [6, 6.07) is 0. The van der Waals surface area contributed by atoms with Crippen LogP contribution in [0.15, 0.2) is 4.47 Å². The molecule has 11 heavy (non-hydrogen) atoms. The van der Waals surface area contributed by atoms with Crippen molar-refractivity contribution in [1.82, 2.24) is 9.78 Å². The van der Waals surface area contributed by atoms with Crippen molar-refractivity contribution in [3.8, 4) is 0 Å². The van der Waals surface area contributed by atoms with E-state index in [9.17, 15) is 0 Å². The van der Waals surface area contributed by atoms with Gasteiger partial charge in [-0.1, -0.05) is 0 Å². The van der Waals surface area contributed by atoms with Crippen molar-refractivity contribution in [3.63, 3.8) is 0 Å². The maximum Gasteiger partial charge on any atom is 0.213 e. The zero-order valence-electron chi connectivity index (χ0n) is 6.35. The van der Waals surface area contributed by atoms with Crippen LogP contribution in [0.25, 0.3) is 0 Å². The molecule has 0 saturated carbocycles. The summed E-state index contributed by atoms with van der Waals surface area (Å²) in [6.45, 7) is 3.71. The van der Waals surface area contributed by atoms with E-state index in [1.54, 1.807) is 0 Å². The molecule has 0 fully saturated rings. The summed E-state index contributed by atoms with van der Waals surface area (Å²) in [7, 11) is 0. The Labute approximate surface area is 73.0 Å². The molecular formula is C6H9BrN4. The van der Waals surface area contributed by atoms with Crippen LogP contribution in [0, 0.1) is 19.3 Å². The lowest BCUT2D eigenvalue weighted by molar-refractivity contribution is 0.863. The van der Waals surface area contributed by atoms with E-state index in [4.69, 9.17) is 11.1 Å². The molecule has 1 heterocycles. The van der Waals surface area contributed by atoms with Crippen LogP contribution in [0.3, 0.4) is 0 Å². The third kappa shape index (κ3) is 1.28. The van der Waals surface area contributed by atoms with Crippen molar-refractivity contribution in [2.45, 2.75) is 13.8 Å². The van der Waals surface area contributed by atoms with Crippen LogP contribution in [0.1, 0.15) is 11.4 Å². The molecule has 0 spiro atoms. The lowest BCUT2D eigenvalue weighted by Gasteiger charge is -1.97. The molecule has 0 aliphatic heterocycles. The summed E-state index contributed by atoms with van der Waals surface area (Å²) in [5.74, 6) is -0.0590. The van der Waals surface area contributed by atoms with Crippen LogP contribution >= 0.6 is 15.9 Å². The maximum absolute atomic E-state index is 7.14. The Bertz CT molecular complexity index is 302. The van der Waals surface area contributed by atoms with Gasteiger partial charge in [0.2, 0.25) is 5.96 Å². The molecule has 5 heteroatoms. The minimum atomic E-state index is -0.0590. The predicted molar refractivity (Wildman–Crippen MR) is 46.7 cm³/mol. The van der Waals surface area contributed by atoms with Gasteiger partial charge in [0, 0.05) is 0 Å². The fourth-order valence-corrected chi connectivity index (χ4v) is 1.11. The molecule has 0 unspecified atom stereocenters. The number of hydrogen-bond acceptors (Lipinski definition) is 2. The van der Waals surface area contributed by atoms with E-state index in [1.807, 2.05) is 13.8 Å². The first kappa shape index (κ1) is 8.26. The summed E-state index contributed by atoms with van der Waals surface area (Å²) in [5.41, 5.74) is 6.96. The van der Waals surface area contributed by atoms with Gasteiger partial charge in [0.1, 0.15) is 0 Å². The highest BCUT2D eigenvalue weighted by atomic mass is 79.9. The molecule has 1 aromatic rings. The zero-order valence-corrected chi connectivity index (χ0v) is 7.94. The SMILES string of the molecule is Cc1nn(C(=N)N)c(C)c1Br. The van der Waals surface area contributed by atoms with Crippen molar-refractivity contribution in [2.24, 2.45) is 5.73 Å². The van der Waals surface area contributed by atoms with Gasteiger partial charge in [-0.15, -0.1) is 0 Å². The third-order valence-electron chi connectivity index (χ3n) is 1.43. The molecule has 0 aromatic carbocycles. The number of nitrogens with two attached hydrogens (primary N) is 1. The van der Waals surface area contributed by atoms with Gasteiger partial charge in [0.25, 0.3) is 0 Å². The molecule has 0 aliphatic carbocycles. The first-order valence-corrected chi connectivity index (χ1v) is 3.89. The number of rotatable bonds is 0.